The van der Waals surface area contributed by atoms with E-state index in [9.17, 15) is 5.26 Å². The molecule has 0 bridgehead atoms. The molecule has 1 unspecified atom stereocenters. The SMILES string of the molecule is Cc1ccc(-c2cnc(C(OO)C3CCC(C)CC3)nc2)cc1. The Hall–Kier alpha value is -1.78. The highest BCUT2D eigenvalue weighted by Crippen LogP contribution is 2.37. The Morgan fingerprint density at radius 1 is 1.00 bits per heavy atom. The molecule has 0 spiro atoms. The van der Waals surface area contributed by atoms with Crippen molar-refractivity contribution in [2.45, 2.75) is 45.6 Å². The Morgan fingerprint density at radius 3 is 2.17 bits per heavy atom. The van der Waals surface area contributed by atoms with Gasteiger partial charge in [-0.3, -0.25) is 5.26 Å². The zero-order valence-corrected chi connectivity index (χ0v) is 13.8. The van der Waals surface area contributed by atoms with Gasteiger partial charge < -0.3 is 0 Å². The molecule has 3 rings (SSSR count). The average Bonchev–Trinajstić information content (AvgIpc) is 2.59. The summed E-state index contributed by atoms with van der Waals surface area (Å²) in [6.45, 7) is 4.34. The van der Waals surface area contributed by atoms with Gasteiger partial charge in [0, 0.05) is 18.0 Å². The quantitative estimate of drug-likeness (QED) is 0.650. The smallest absolute Gasteiger partial charge is 0.160 e. The first-order valence-corrected chi connectivity index (χ1v) is 8.36. The second-order valence-corrected chi connectivity index (χ2v) is 6.74. The molecule has 1 heterocycles. The molecule has 1 fully saturated rings. The van der Waals surface area contributed by atoms with Gasteiger partial charge in [0.15, 0.2) is 11.9 Å². The zero-order valence-electron chi connectivity index (χ0n) is 13.8. The van der Waals surface area contributed by atoms with Crippen LogP contribution < -0.4 is 0 Å². The molecule has 1 aromatic heterocycles. The molecule has 4 heteroatoms. The molecule has 1 atom stereocenters. The Kier molecular flexibility index (Phi) is 5.03. The van der Waals surface area contributed by atoms with Crippen LogP contribution in [0.1, 0.15) is 50.1 Å². The Labute approximate surface area is 137 Å². The van der Waals surface area contributed by atoms with Crippen LogP contribution in [-0.4, -0.2) is 15.2 Å². The van der Waals surface area contributed by atoms with Crippen molar-refractivity contribution in [3.63, 3.8) is 0 Å². The van der Waals surface area contributed by atoms with Gasteiger partial charge in [-0.15, -0.1) is 0 Å². The molecule has 1 aliphatic rings. The van der Waals surface area contributed by atoms with Gasteiger partial charge in [0.2, 0.25) is 0 Å². The van der Waals surface area contributed by atoms with E-state index in [-0.39, 0.29) is 0 Å². The van der Waals surface area contributed by atoms with Crippen molar-refractivity contribution >= 4 is 0 Å². The summed E-state index contributed by atoms with van der Waals surface area (Å²) in [6, 6.07) is 8.28. The van der Waals surface area contributed by atoms with Crippen LogP contribution in [0.4, 0.5) is 0 Å². The molecule has 23 heavy (non-hydrogen) atoms. The molecular formula is C19H24N2O2. The predicted octanol–water partition coefficient (Wildman–Crippen LogP) is 4.81. The predicted molar refractivity (Wildman–Crippen MR) is 89.8 cm³/mol. The standard InChI is InChI=1S/C19H24N2O2/c1-13-3-7-15(8-4-13)17-11-20-19(21-12-17)18(23-22)16-9-5-14(2)6-10-16/h3-4,7-8,11-12,14,16,18,22H,5-6,9-10H2,1-2H3. The molecule has 122 valence electrons. The van der Waals surface area contributed by atoms with Crippen LogP contribution in [-0.2, 0) is 4.89 Å². The average molecular weight is 312 g/mol. The maximum Gasteiger partial charge on any atom is 0.160 e. The second-order valence-electron chi connectivity index (χ2n) is 6.74. The third-order valence-corrected chi connectivity index (χ3v) is 4.91. The molecule has 4 nitrogen and oxygen atoms in total. The summed E-state index contributed by atoms with van der Waals surface area (Å²) in [5.41, 5.74) is 3.30. The lowest BCUT2D eigenvalue weighted by molar-refractivity contribution is -0.298. The van der Waals surface area contributed by atoms with E-state index in [1.807, 2.05) is 12.4 Å². The summed E-state index contributed by atoms with van der Waals surface area (Å²) in [7, 11) is 0. The Bertz CT molecular complexity index is 617. The molecule has 1 N–H and O–H groups in total. The van der Waals surface area contributed by atoms with E-state index in [1.54, 1.807) is 0 Å². The number of aryl methyl sites for hydroxylation is 1. The van der Waals surface area contributed by atoms with Crippen molar-refractivity contribution in [1.82, 2.24) is 9.97 Å². The molecule has 0 saturated heterocycles. The third kappa shape index (κ3) is 3.77. The number of aromatic nitrogens is 2. The van der Waals surface area contributed by atoms with Gasteiger partial charge in [-0.05, 0) is 37.2 Å². The van der Waals surface area contributed by atoms with E-state index in [1.165, 1.54) is 18.4 Å². The number of nitrogens with zero attached hydrogens (tertiary/aromatic N) is 2. The normalized spacial score (nSPS) is 22.7. The van der Waals surface area contributed by atoms with E-state index < -0.39 is 6.10 Å². The van der Waals surface area contributed by atoms with Gasteiger partial charge in [-0.2, -0.15) is 0 Å². The van der Waals surface area contributed by atoms with Crippen LogP contribution in [0.3, 0.4) is 0 Å². The molecule has 0 aliphatic heterocycles. The lowest BCUT2D eigenvalue weighted by atomic mass is 9.80. The van der Waals surface area contributed by atoms with Gasteiger partial charge in [0.05, 0.1) is 0 Å². The van der Waals surface area contributed by atoms with Crippen molar-refractivity contribution in [3.05, 3.63) is 48.0 Å². The summed E-state index contributed by atoms with van der Waals surface area (Å²) >= 11 is 0. The highest BCUT2D eigenvalue weighted by atomic mass is 17.1. The summed E-state index contributed by atoms with van der Waals surface area (Å²) in [6.07, 6.45) is 7.65. The first-order valence-electron chi connectivity index (χ1n) is 8.36. The van der Waals surface area contributed by atoms with E-state index >= 15 is 0 Å². The van der Waals surface area contributed by atoms with Crippen LogP contribution in [0.5, 0.6) is 0 Å². The lowest BCUT2D eigenvalue weighted by Gasteiger charge is -2.29. The van der Waals surface area contributed by atoms with Gasteiger partial charge in [0.25, 0.3) is 0 Å². The fourth-order valence-electron chi connectivity index (χ4n) is 3.31. The van der Waals surface area contributed by atoms with Crippen LogP contribution in [0, 0.1) is 18.8 Å². The second kappa shape index (κ2) is 7.20. The fourth-order valence-corrected chi connectivity index (χ4v) is 3.31. The minimum atomic E-state index is -0.422. The lowest BCUT2D eigenvalue weighted by Crippen LogP contribution is -2.22. The minimum absolute atomic E-state index is 0.293. The highest BCUT2D eigenvalue weighted by Gasteiger charge is 2.30. The molecule has 0 amide bonds. The summed E-state index contributed by atoms with van der Waals surface area (Å²) in [5, 5.41) is 9.33. The van der Waals surface area contributed by atoms with Gasteiger partial charge in [0.1, 0.15) is 0 Å². The minimum Gasteiger partial charge on any atom is -0.251 e. The zero-order chi connectivity index (χ0) is 16.2. The maximum atomic E-state index is 9.33. The summed E-state index contributed by atoms with van der Waals surface area (Å²) < 4.78 is 0. The number of hydrogen-bond donors (Lipinski definition) is 1. The van der Waals surface area contributed by atoms with Crippen LogP contribution in [0.15, 0.2) is 36.7 Å². The van der Waals surface area contributed by atoms with Gasteiger partial charge in [-0.1, -0.05) is 49.6 Å². The third-order valence-electron chi connectivity index (χ3n) is 4.91. The van der Waals surface area contributed by atoms with E-state index in [4.69, 9.17) is 4.89 Å². The first-order chi connectivity index (χ1) is 11.2. The Morgan fingerprint density at radius 2 is 1.61 bits per heavy atom. The van der Waals surface area contributed by atoms with Gasteiger partial charge >= 0.3 is 0 Å². The van der Waals surface area contributed by atoms with Crippen LogP contribution >= 0.6 is 0 Å². The number of hydrogen-bond acceptors (Lipinski definition) is 4. The highest BCUT2D eigenvalue weighted by molar-refractivity contribution is 5.61. The van der Waals surface area contributed by atoms with Crippen molar-refractivity contribution < 1.29 is 10.1 Å². The van der Waals surface area contributed by atoms with E-state index in [0.717, 1.165) is 29.9 Å². The van der Waals surface area contributed by atoms with E-state index in [0.29, 0.717) is 11.7 Å². The molecule has 1 aliphatic carbocycles. The molecule has 2 aromatic rings. The summed E-state index contributed by atoms with van der Waals surface area (Å²) in [4.78, 5) is 13.6. The monoisotopic (exact) mass is 312 g/mol. The molecule has 1 aromatic carbocycles. The van der Waals surface area contributed by atoms with E-state index in [2.05, 4.69) is 48.1 Å². The van der Waals surface area contributed by atoms with Crippen LogP contribution in [0.25, 0.3) is 11.1 Å². The summed E-state index contributed by atoms with van der Waals surface area (Å²) in [5.74, 6) is 1.62. The maximum absolute atomic E-state index is 9.33. The molecule has 0 radical (unpaired) electrons. The van der Waals surface area contributed by atoms with Crippen molar-refractivity contribution in [2.75, 3.05) is 0 Å². The van der Waals surface area contributed by atoms with Crippen molar-refractivity contribution in [3.8, 4) is 11.1 Å². The largest absolute Gasteiger partial charge is 0.251 e. The van der Waals surface area contributed by atoms with Gasteiger partial charge in [-0.25, -0.2) is 14.9 Å². The molecular weight excluding hydrogens is 288 g/mol. The number of rotatable bonds is 4. The molecule has 1 saturated carbocycles. The van der Waals surface area contributed by atoms with Crippen molar-refractivity contribution in [1.29, 1.82) is 0 Å². The first kappa shape index (κ1) is 16.1. The van der Waals surface area contributed by atoms with Crippen LogP contribution in [0.2, 0.25) is 0 Å². The Balaban J connectivity index is 1.76. The number of benzene rings is 1. The van der Waals surface area contributed by atoms with Crippen molar-refractivity contribution in [2.24, 2.45) is 11.8 Å². The topological polar surface area (TPSA) is 55.2 Å². The fraction of sp³-hybridized carbons (Fsp3) is 0.474.